The summed E-state index contributed by atoms with van der Waals surface area (Å²) in [6.07, 6.45) is 0. The van der Waals surface area contributed by atoms with Crippen LogP contribution in [0, 0.1) is 6.92 Å². The zero-order valence-corrected chi connectivity index (χ0v) is 16.2. The molecule has 1 fully saturated rings. The number of benzene rings is 2. The van der Waals surface area contributed by atoms with Gasteiger partial charge >= 0.3 is 0 Å². The minimum atomic E-state index is -0.328. The van der Waals surface area contributed by atoms with E-state index in [4.69, 9.17) is 11.6 Å². The number of hydrogen-bond acceptors (Lipinski definition) is 4. The zero-order chi connectivity index (χ0) is 19.8. The van der Waals surface area contributed by atoms with Crippen LogP contribution in [0.2, 0.25) is 0 Å². The van der Waals surface area contributed by atoms with Crippen molar-refractivity contribution in [3.63, 3.8) is 0 Å². The maximum atomic E-state index is 12.9. The molecule has 2 aromatic rings. The highest BCUT2D eigenvalue weighted by Gasteiger charge is 2.35. The van der Waals surface area contributed by atoms with Gasteiger partial charge in [-0.1, -0.05) is 54.1 Å². The van der Waals surface area contributed by atoms with Crippen molar-refractivity contribution in [2.75, 3.05) is 26.2 Å². The molecule has 1 aliphatic heterocycles. The van der Waals surface area contributed by atoms with Crippen LogP contribution in [0.25, 0.3) is 0 Å². The molecule has 0 atom stereocenters. The monoisotopic (exact) mass is 394 g/mol. The third kappa shape index (κ3) is 3.02. The maximum absolute atomic E-state index is 12.9. The van der Waals surface area contributed by atoms with Gasteiger partial charge in [0.1, 0.15) is 10.7 Å². The Balaban J connectivity index is 1.53. The largest absolute Gasteiger partial charge is 0.363 e. The molecule has 0 unspecified atom stereocenters. The van der Waals surface area contributed by atoms with Gasteiger partial charge < -0.3 is 9.80 Å². The third-order valence-electron chi connectivity index (χ3n) is 5.30. The van der Waals surface area contributed by atoms with Gasteiger partial charge in [-0.15, -0.1) is 0 Å². The number of aryl methyl sites for hydroxylation is 1. The first-order chi connectivity index (χ1) is 13.5. The predicted octanol–water partition coefficient (Wildman–Crippen LogP) is 3.28. The quantitative estimate of drug-likeness (QED) is 0.784. The molecule has 4 rings (SSSR count). The van der Waals surface area contributed by atoms with Crippen molar-refractivity contribution in [1.82, 2.24) is 9.80 Å². The second-order valence-electron chi connectivity index (χ2n) is 6.96. The molecule has 2 aliphatic rings. The highest BCUT2D eigenvalue weighted by Crippen LogP contribution is 2.31. The number of carbonyl (C=O) groups excluding carboxylic acids is 3. The normalized spacial score (nSPS) is 17.1. The van der Waals surface area contributed by atoms with Crippen molar-refractivity contribution in [3.05, 3.63) is 81.5 Å². The molecule has 28 heavy (non-hydrogen) atoms. The van der Waals surface area contributed by atoms with Crippen LogP contribution in [0.15, 0.2) is 59.3 Å². The van der Waals surface area contributed by atoms with E-state index in [1.54, 1.807) is 29.2 Å². The number of Topliss-reactive ketones (excluding diaryl/α,β-unsaturated/α-hetero) is 2. The molecule has 0 N–H and O–H groups in total. The fourth-order valence-electron chi connectivity index (χ4n) is 3.73. The molecule has 2 aromatic carbocycles. The Morgan fingerprint density at radius 3 is 2.07 bits per heavy atom. The second-order valence-corrected chi connectivity index (χ2v) is 7.34. The van der Waals surface area contributed by atoms with Crippen LogP contribution in [0.5, 0.6) is 0 Å². The summed E-state index contributed by atoms with van der Waals surface area (Å²) < 4.78 is 0. The molecule has 0 saturated carbocycles. The number of piperazine rings is 1. The van der Waals surface area contributed by atoms with Crippen LogP contribution in [0.4, 0.5) is 0 Å². The molecular weight excluding hydrogens is 376 g/mol. The summed E-state index contributed by atoms with van der Waals surface area (Å²) in [4.78, 5) is 41.9. The minimum absolute atomic E-state index is 0.0192. The standard InChI is InChI=1S/C22H19ClN2O3/c1-14-6-2-3-7-15(14)22(28)25-12-10-24(11-13-25)19-18(23)20(26)16-8-4-5-9-17(16)21(19)27/h2-9H,10-13H2,1H3. The molecule has 6 heteroatoms. The number of ketones is 2. The lowest BCUT2D eigenvalue weighted by Crippen LogP contribution is -2.50. The van der Waals surface area contributed by atoms with Crippen molar-refractivity contribution in [1.29, 1.82) is 0 Å². The van der Waals surface area contributed by atoms with Gasteiger partial charge in [0.2, 0.25) is 11.6 Å². The molecule has 0 spiro atoms. The number of amides is 1. The van der Waals surface area contributed by atoms with E-state index >= 15 is 0 Å². The van der Waals surface area contributed by atoms with Gasteiger partial charge in [-0.05, 0) is 18.6 Å². The SMILES string of the molecule is Cc1ccccc1C(=O)N1CCN(C2=C(Cl)C(=O)c3ccccc3C2=O)CC1. The molecule has 1 amide bonds. The summed E-state index contributed by atoms with van der Waals surface area (Å²) in [5, 5.41) is -0.0395. The number of hydrogen-bond donors (Lipinski definition) is 0. The molecule has 1 heterocycles. The van der Waals surface area contributed by atoms with E-state index in [1.807, 2.05) is 36.1 Å². The summed E-state index contributed by atoms with van der Waals surface area (Å²) in [5.41, 5.74) is 2.59. The molecule has 5 nitrogen and oxygen atoms in total. The molecule has 142 valence electrons. The summed E-state index contributed by atoms with van der Waals surface area (Å²) in [6.45, 7) is 3.74. The average molecular weight is 395 g/mol. The molecule has 0 radical (unpaired) electrons. The van der Waals surface area contributed by atoms with E-state index in [1.165, 1.54) is 0 Å². The Kier molecular flexibility index (Phi) is 4.77. The smallest absolute Gasteiger partial charge is 0.254 e. The predicted molar refractivity (Wildman–Crippen MR) is 107 cm³/mol. The Morgan fingerprint density at radius 1 is 0.857 bits per heavy atom. The summed E-state index contributed by atoms with van der Waals surface area (Å²) in [7, 11) is 0. The zero-order valence-electron chi connectivity index (χ0n) is 15.4. The summed E-state index contributed by atoms with van der Waals surface area (Å²) in [6, 6.07) is 14.2. The molecular formula is C22H19ClN2O3. The maximum Gasteiger partial charge on any atom is 0.254 e. The van der Waals surface area contributed by atoms with Gasteiger partial charge in [0.25, 0.3) is 5.91 Å². The Bertz CT molecular complexity index is 1020. The Labute approximate surface area is 168 Å². The van der Waals surface area contributed by atoms with Crippen molar-refractivity contribution in [2.45, 2.75) is 6.92 Å². The lowest BCUT2D eigenvalue weighted by atomic mass is 9.91. The van der Waals surface area contributed by atoms with Gasteiger partial charge in [-0.3, -0.25) is 14.4 Å². The Hall–Kier alpha value is -2.92. The van der Waals surface area contributed by atoms with Gasteiger partial charge in [0, 0.05) is 42.9 Å². The van der Waals surface area contributed by atoms with Gasteiger partial charge in [-0.2, -0.15) is 0 Å². The van der Waals surface area contributed by atoms with Gasteiger partial charge in [0.15, 0.2) is 0 Å². The first-order valence-corrected chi connectivity index (χ1v) is 9.55. The van der Waals surface area contributed by atoms with Crippen molar-refractivity contribution in [3.8, 4) is 0 Å². The first kappa shape index (κ1) is 18.4. The van der Waals surface area contributed by atoms with Crippen molar-refractivity contribution >= 4 is 29.1 Å². The van der Waals surface area contributed by atoms with Crippen LogP contribution in [0.1, 0.15) is 36.6 Å². The van der Waals surface area contributed by atoms with Crippen LogP contribution in [-0.2, 0) is 0 Å². The van der Waals surface area contributed by atoms with E-state index in [0.717, 1.165) is 5.56 Å². The van der Waals surface area contributed by atoms with Crippen LogP contribution in [-0.4, -0.2) is 53.5 Å². The lowest BCUT2D eigenvalue weighted by Gasteiger charge is -2.38. The summed E-state index contributed by atoms with van der Waals surface area (Å²) in [5.74, 6) is -0.585. The lowest BCUT2D eigenvalue weighted by molar-refractivity contribution is 0.0657. The molecule has 1 saturated heterocycles. The van der Waals surface area contributed by atoms with Crippen molar-refractivity contribution < 1.29 is 14.4 Å². The first-order valence-electron chi connectivity index (χ1n) is 9.17. The number of fused-ring (bicyclic) bond motifs is 1. The number of carbonyl (C=O) groups is 3. The number of halogens is 1. The fourth-order valence-corrected chi connectivity index (χ4v) is 4.04. The van der Waals surface area contributed by atoms with Crippen molar-refractivity contribution in [2.24, 2.45) is 0 Å². The van der Waals surface area contributed by atoms with E-state index in [0.29, 0.717) is 42.9 Å². The molecule has 0 bridgehead atoms. The minimum Gasteiger partial charge on any atom is -0.363 e. The second kappa shape index (κ2) is 7.24. The fraction of sp³-hybridized carbons (Fsp3) is 0.227. The summed E-state index contributed by atoms with van der Waals surface area (Å²) >= 11 is 6.29. The van der Waals surface area contributed by atoms with Crippen LogP contribution >= 0.6 is 11.6 Å². The highest BCUT2D eigenvalue weighted by atomic mass is 35.5. The van der Waals surface area contributed by atoms with E-state index < -0.39 is 0 Å². The Morgan fingerprint density at radius 2 is 1.43 bits per heavy atom. The molecule has 1 aliphatic carbocycles. The highest BCUT2D eigenvalue weighted by molar-refractivity contribution is 6.49. The van der Waals surface area contributed by atoms with Gasteiger partial charge in [-0.25, -0.2) is 0 Å². The van der Waals surface area contributed by atoms with Crippen LogP contribution < -0.4 is 0 Å². The van der Waals surface area contributed by atoms with E-state index in [-0.39, 0.29) is 28.2 Å². The van der Waals surface area contributed by atoms with E-state index in [9.17, 15) is 14.4 Å². The molecule has 0 aromatic heterocycles. The van der Waals surface area contributed by atoms with E-state index in [2.05, 4.69) is 0 Å². The average Bonchev–Trinajstić information content (AvgIpc) is 2.73. The number of allylic oxidation sites excluding steroid dienone is 2. The third-order valence-corrected chi connectivity index (χ3v) is 5.65. The van der Waals surface area contributed by atoms with Crippen LogP contribution in [0.3, 0.4) is 0 Å². The number of rotatable bonds is 2. The van der Waals surface area contributed by atoms with Gasteiger partial charge in [0.05, 0.1) is 0 Å². The number of nitrogens with zero attached hydrogens (tertiary/aromatic N) is 2. The topological polar surface area (TPSA) is 57.7 Å².